The molecule has 1 N–H and O–H groups in total. The van der Waals surface area contributed by atoms with E-state index >= 15 is 0 Å². The monoisotopic (exact) mass is 310 g/mol. The Morgan fingerprint density at radius 3 is 2.57 bits per heavy atom. The van der Waals surface area contributed by atoms with Crippen LogP contribution in [0.4, 0.5) is 5.69 Å². The van der Waals surface area contributed by atoms with Gasteiger partial charge in [0.15, 0.2) is 0 Å². The second-order valence-electron chi connectivity index (χ2n) is 6.31. The van der Waals surface area contributed by atoms with Crippen LogP contribution in [0.15, 0.2) is 48.8 Å². The van der Waals surface area contributed by atoms with E-state index in [9.17, 15) is 0 Å². The summed E-state index contributed by atoms with van der Waals surface area (Å²) in [7, 11) is 4.15. The number of nitrogens with zero attached hydrogens (tertiary/aromatic N) is 3. The predicted octanol–water partition coefficient (Wildman–Crippen LogP) is 2.53. The van der Waals surface area contributed by atoms with Crippen molar-refractivity contribution in [1.82, 2.24) is 15.2 Å². The van der Waals surface area contributed by atoms with E-state index in [2.05, 4.69) is 64.5 Å². The van der Waals surface area contributed by atoms with E-state index in [-0.39, 0.29) is 6.04 Å². The molecule has 0 aliphatic carbocycles. The van der Waals surface area contributed by atoms with Crippen LogP contribution in [-0.4, -0.2) is 50.2 Å². The summed E-state index contributed by atoms with van der Waals surface area (Å²) in [5, 5.41) is 3.50. The lowest BCUT2D eigenvalue weighted by Gasteiger charge is -2.31. The van der Waals surface area contributed by atoms with Gasteiger partial charge in [-0.15, -0.1) is 0 Å². The first kappa shape index (κ1) is 16.0. The third-order valence-electron chi connectivity index (χ3n) is 4.47. The number of anilines is 1. The first-order chi connectivity index (χ1) is 11.3. The van der Waals surface area contributed by atoms with Gasteiger partial charge in [0.25, 0.3) is 0 Å². The molecule has 2 aromatic rings. The van der Waals surface area contributed by atoms with Crippen molar-refractivity contribution in [3.8, 4) is 0 Å². The molecule has 2 heterocycles. The van der Waals surface area contributed by atoms with Crippen LogP contribution in [0.1, 0.15) is 23.6 Å². The minimum atomic E-state index is 0.278. The minimum Gasteiger partial charge on any atom is -0.378 e. The molecule has 1 fully saturated rings. The van der Waals surface area contributed by atoms with Gasteiger partial charge in [0.2, 0.25) is 0 Å². The third-order valence-corrected chi connectivity index (χ3v) is 4.47. The highest BCUT2D eigenvalue weighted by molar-refractivity contribution is 5.47. The molecular weight excluding hydrogens is 284 g/mol. The highest BCUT2D eigenvalue weighted by Crippen LogP contribution is 2.29. The van der Waals surface area contributed by atoms with Crippen LogP contribution in [0.5, 0.6) is 0 Å². The van der Waals surface area contributed by atoms with Crippen molar-refractivity contribution >= 4 is 5.69 Å². The number of hydrogen-bond acceptors (Lipinski definition) is 4. The normalized spacial score (nSPS) is 17.5. The first-order valence-electron chi connectivity index (χ1n) is 8.37. The number of aromatic nitrogens is 1. The molecule has 122 valence electrons. The zero-order valence-corrected chi connectivity index (χ0v) is 14.1. The molecule has 0 spiro atoms. The van der Waals surface area contributed by atoms with E-state index in [4.69, 9.17) is 0 Å². The number of hydrogen-bond donors (Lipinski definition) is 1. The predicted molar refractivity (Wildman–Crippen MR) is 95.9 cm³/mol. The van der Waals surface area contributed by atoms with E-state index in [0.29, 0.717) is 0 Å². The fourth-order valence-corrected chi connectivity index (χ4v) is 3.23. The third kappa shape index (κ3) is 3.89. The Balaban J connectivity index is 1.94. The van der Waals surface area contributed by atoms with E-state index in [1.165, 1.54) is 23.2 Å². The van der Waals surface area contributed by atoms with Crippen LogP contribution >= 0.6 is 0 Å². The Morgan fingerprint density at radius 2 is 1.87 bits per heavy atom. The van der Waals surface area contributed by atoms with Gasteiger partial charge in [-0.3, -0.25) is 9.88 Å². The largest absolute Gasteiger partial charge is 0.378 e. The average molecular weight is 310 g/mol. The number of nitrogens with one attached hydrogen (secondary N) is 1. The van der Waals surface area contributed by atoms with Crippen molar-refractivity contribution in [3.05, 3.63) is 59.9 Å². The Bertz CT molecular complexity index is 587. The van der Waals surface area contributed by atoms with Crippen LogP contribution in [0.2, 0.25) is 0 Å². The van der Waals surface area contributed by atoms with Crippen molar-refractivity contribution in [1.29, 1.82) is 0 Å². The molecule has 1 aromatic heterocycles. The summed E-state index contributed by atoms with van der Waals surface area (Å²) in [5.74, 6) is 0. The summed E-state index contributed by atoms with van der Waals surface area (Å²) in [6, 6.07) is 13.4. The molecule has 1 aliphatic rings. The van der Waals surface area contributed by atoms with Crippen LogP contribution in [0.25, 0.3) is 0 Å². The Morgan fingerprint density at radius 1 is 1.04 bits per heavy atom. The maximum Gasteiger partial charge on any atom is 0.0617 e. The fourth-order valence-electron chi connectivity index (χ4n) is 3.23. The standard InChI is InChI=1S/C19H26N4/c1-22(2)18-8-6-16(7-9-18)19(17-5-3-10-21-15-17)23-13-4-11-20-12-14-23/h3,5-10,15,19-20H,4,11-14H2,1-2H3. The van der Waals surface area contributed by atoms with E-state index in [1.807, 2.05) is 18.5 Å². The van der Waals surface area contributed by atoms with E-state index in [0.717, 1.165) is 26.2 Å². The zero-order valence-electron chi connectivity index (χ0n) is 14.1. The van der Waals surface area contributed by atoms with Crippen LogP contribution in [0, 0.1) is 0 Å². The molecule has 0 amide bonds. The molecule has 3 rings (SSSR count). The Kier molecular flexibility index (Phi) is 5.26. The van der Waals surface area contributed by atoms with E-state index < -0.39 is 0 Å². The minimum absolute atomic E-state index is 0.278. The van der Waals surface area contributed by atoms with Gasteiger partial charge in [0, 0.05) is 51.8 Å². The Labute approximate surface area is 139 Å². The zero-order chi connectivity index (χ0) is 16.1. The van der Waals surface area contributed by atoms with Gasteiger partial charge in [0.05, 0.1) is 6.04 Å². The Hall–Kier alpha value is -1.91. The summed E-state index contributed by atoms with van der Waals surface area (Å²) >= 11 is 0. The highest BCUT2D eigenvalue weighted by atomic mass is 15.2. The van der Waals surface area contributed by atoms with Crippen LogP contribution in [0.3, 0.4) is 0 Å². The molecule has 1 unspecified atom stereocenters. The summed E-state index contributed by atoms with van der Waals surface area (Å²) < 4.78 is 0. The average Bonchev–Trinajstić information content (AvgIpc) is 2.86. The van der Waals surface area contributed by atoms with Gasteiger partial charge < -0.3 is 10.2 Å². The van der Waals surface area contributed by atoms with Gasteiger partial charge >= 0.3 is 0 Å². The second-order valence-corrected chi connectivity index (χ2v) is 6.31. The second kappa shape index (κ2) is 7.57. The summed E-state index contributed by atoms with van der Waals surface area (Å²) in [5.41, 5.74) is 3.84. The summed E-state index contributed by atoms with van der Waals surface area (Å²) in [6.45, 7) is 4.33. The number of benzene rings is 1. The molecule has 23 heavy (non-hydrogen) atoms. The molecule has 4 nitrogen and oxygen atoms in total. The van der Waals surface area contributed by atoms with Crippen LogP contribution < -0.4 is 10.2 Å². The van der Waals surface area contributed by atoms with Gasteiger partial charge in [-0.05, 0) is 42.3 Å². The lowest BCUT2D eigenvalue weighted by atomic mass is 9.97. The van der Waals surface area contributed by atoms with Crippen molar-refractivity contribution in [2.45, 2.75) is 12.5 Å². The maximum atomic E-state index is 4.34. The molecule has 1 aromatic carbocycles. The van der Waals surface area contributed by atoms with Crippen LogP contribution in [-0.2, 0) is 0 Å². The number of pyridine rings is 1. The summed E-state index contributed by atoms with van der Waals surface area (Å²) in [4.78, 5) is 9.05. The van der Waals surface area contributed by atoms with Crippen molar-refractivity contribution in [2.24, 2.45) is 0 Å². The smallest absolute Gasteiger partial charge is 0.0617 e. The first-order valence-corrected chi connectivity index (χ1v) is 8.37. The van der Waals surface area contributed by atoms with Crippen molar-refractivity contribution in [2.75, 3.05) is 45.2 Å². The van der Waals surface area contributed by atoms with Crippen molar-refractivity contribution in [3.63, 3.8) is 0 Å². The highest BCUT2D eigenvalue weighted by Gasteiger charge is 2.23. The quantitative estimate of drug-likeness (QED) is 0.940. The molecule has 1 aliphatic heterocycles. The van der Waals surface area contributed by atoms with Gasteiger partial charge in [-0.25, -0.2) is 0 Å². The van der Waals surface area contributed by atoms with Crippen molar-refractivity contribution < 1.29 is 0 Å². The molecule has 0 bridgehead atoms. The fraction of sp³-hybridized carbons (Fsp3) is 0.421. The molecule has 1 saturated heterocycles. The molecular formula is C19H26N4. The van der Waals surface area contributed by atoms with E-state index in [1.54, 1.807) is 0 Å². The maximum absolute atomic E-state index is 4.34. The molecule has 0 saturated carbocycles. The lowest BCUT2D eigenvalue weighted by Crippen LogP contribution is -2.33. The van der Waals surface area contributed by atoms with Gasteiger partial charge in [-0.2, -0.15) is 0 Å². The molecule has 4 heteroatoms. The lowest BCUT2D eigenvalue weighted by molar-refractivity contribution is 0.241. The van der Waals surface area contributed by atoms with Gasteiger partial charge in [-0.1, -0.05) is 18.2 Å². The topological polar surface area (TPSA) is 31.4 Å². The number of rotatable bonds is 4. The SMILES string of the molecule is CN(C)c1ccc(C(c2cccnc2)N2CCCNCC2)cc1. The molecule has 0 radical (unpaired) electrons. The molecule has 1 atom stereocenters. The summed E-state index contributed by atoms with van der Waals surface area (Å²) in [6.07, 6.45) is 5.04. The van der Waals surface area contributed by atoms with Gasteiger partial charge in [0.1, 0.15) is 0 Å².